The maximum atomic E-state index is 4.15. The molecule has 0 heterocycles. The van der Waals surface area contributed by atoms with Crippen LogP contribution >= 0.6 is 0 Å². The molecule has 0 aromatic heterocycles. The molecule has 0 nitrogen and oxygen atoms in total. The van der Waals surface area contributed by atoms with Crippen LogP contribution < -0.4 is 0 Å². The summed E-state index contributed by atoms with van der Waals surface area (Å²) in [4.78, 5) is 0. The van der Waals surface area contributed by atoms with Crippen LogP contribution in [-0.2, 0) is 19.3 Å². The third-order valence-corrected chi connectivity index (χ3v) is 5.38. The molecule has 0 spiro atoms. The normalized spacial score (nSPS) is 16.6. The molecule has 0 heteroatoms. The predicted octanol–water partition coefficient (Wildman–Crippen LogP) is 6.16. The molecule has 2 aliphatic rings. The van der Waals surface area contributed by atoms with Gasteiger partial charge in [-0.3, -0.25) is 0 Å². The quantitative estimate of drug-likeness (QED) is 0.595. The van der Waals surface area contributed by atoms with Crippen molar-refractivity contribution in [3.05, 3.63) is 94.6 Å². The van der Waals surface area contributed by atoms with E-state index in [9.17, 15) is 0 Å². The van der Waals surface area contributed by atoms with Crippen LogP contribution in [-0.4, -0.2) is 0 Å². The lowest BCUT2D eigenvalue weighted by molar-refractivity contribution is 0.840. The van der Waals surface area contributed by atoms with Gasteiger partial charge in [-0.1, -0.05) is 73.7 Å². The Bertz CT molecular complexity index is 861. The van der Waals surface area contributed by atoms with Gasteiger partial charge < -0.3 is 0 Å². The lowest BCUT2D eigenvalue weighted by atomic mass is 9.86. The Morgan fingerprint density at radius 3 is 2.58 bits per heavy atom. The Morgan fingerprint density at radius 1 is 0.875 bits per heavy atom. The second kappa shape index (κ2) is 6.28. The Morgan fingerprint density at radius 2 is 1.71 bits per heavy atom. The zero-order valence-electron chi connectivity index (χ0n) is 14.4. The summed E-state index contributed by atoms with van der Waals surface area (Å²) in [5.41, 5.74) is 11.5. The summed E-state index contributed by atoms with van der Waals surface area (Å²) in [6, 6.07) is 15.8. The number of allylic oxidation sites excluding steroid dienone is 5. The van der Waals surface area contributed by atoms with Crippen molar-refractivity contribution >= 4 is 11.1 Å². The molecule has 0 atom stereocenters. The van der Waals surface area contributed by atoms with Gasteiger partial charge in [0.25, 0.3) is 0 Å². The average Bonchev–Trinajstić information content (AvgIpc) is 3.11. The third kappa shape index (κ3) is 2.78. The van der Waals surface area contributed by atoms with Gasteiger partial charge in [0.1, 0.15) is 0 Å². The van der Waals surface area contributed by atoms with Gasteiger partial charge in [-0.2, -0.15) is 0 Å². The first-order chi connectivity index (χ1) is 11.7. The molecule has 0 aliphatic heterocycles. The van der Waals surface area contributed by atoms with Crippen molar-refractivity contribution in [1.82, 2.24) is 0 Å². The Hall–Kier alpha value is -2.34. The second-order valence-corrected chi connectivity index (χ2v) is 6.98. The molecule has 2 aromatic carbocycles. The summed E-state index contributed by atoms with van der Waals surface area (Å²) in [5.74, 6) is 0. The van der Waals surface area contributed by atoms with Gasteiger partial charge >= 0.3 is 0 Å². The number of aryl methyl sites for hydroxylation is 2. The molecule has 2 aliphatic carbocycles. The van der Waals surface area contributed by atoms with E-state index in [1.54, 1.807) is 0 Å². The minimum atomic E-state index is 1.04. The highest BCUT2D eigenvalue weighted by Crippen LogP contribution is 2.36. The molecule has 4 rings (SSSR count). The average molecular weight is 312 g/mol. The first-order valence-electron chi connectivity index (χ1n) is 9.01. The van der Waals surface area contributed by atoms with E-state index in [4.69, 9.17) is 0 Å². The van der Waals surface area contributed by atoms with Gasteiger partial charge in [-0.15, -0.1) is 0 Å². The van der Waals surface area contributed by atoms with Gasteiger partial charge in [-0.05, 0) is 71.1 Å². The van der Waals surface area contributed by atoms with E-state index < -0.39 is 0 Å². The number of rotatable bonds is 3. The molecule has 0 bridgehead atoms. The lowest BCUT2D eigenvalue weighted by Gasteiger charge is -2.19. The summed E-state index contributed by atoms with van der Waals surface area (Å²) in [7, 11) is 0. The highest BCUT2D eigenvalue weighted by Gasteiger charge is 2.17. The smallest absolute Gasteiger partial charge is 0.00138 e. The fourth-order valence-corrected chi connectivity index (χ4v) is 3.95. The summed E-state index contributed by atoms with van der Waals surface area (Å²) >= 11 is 0. The molecule has 120 valence electrons. The van der Waals surface area contributed by atoms with E-state index >= 15 is 0 Å². The van der Waals surface area contributed by atoms with Crippen LogP contribution in [0.2, 0.25) is 0 Å². The summed E-state index contributed by atoms with van der Waals surface area (Å²) in [5, 5.41) is 0. The maximum Gasteiger partial charge on any atom is -0.00138 e. The molecule has 0 saturated carbocycles. The van der Waals surface area contributed by atoms with Crippen molar-refractivity contribution in [2.75, 3.05) is 0 Å². The van der Waals surface area contributed by atoms with Gasteiger partial charge in [0.05, 0.1) is 0 Å². The Labute approximate surface area is 145 Å². The standard InChI is InChI=1S/C24H24/c1-3-18-6-4-5-7-24(18)23-13-12-22(16-23)21-11-10-19-14-17(2)8-9-20(19)15-21/h4-7,10-13,15H,2-3,8-9,14,16H2,1H3. The summed E-state index contributed by atoms with van der Waals surface area (Å²) < 4.78 is 0. The topological polar surface area (TPSA) is 0 Å². The first-order valence-corrected chi connectivity index (χ1v) is 9.01. The van der Waals surface area contributed by atoms with Gasteiger partial charge in [0, 0.05) is 0 Å². The maximum absolute atomic E-state index is 4.15. The van der Waals surface area contributed by atoms with E-state index in [-0.39, 0.29) is 0 Å². The predicted molar refractivity (Wildman–Crippen MR) is 104 cm³/mol. The molecular weight excluding hydrogens is 288 g/mol. The van der Waals surface area contributed by atoms with Crippen LogP contribution in [0.4, 0.5) is 0 Å². The van der Waals surface area contributed by atoms with Crippen molar-refractivity contribution in [2.24, 2.45) is 0 Å². The van der Waals surface area contributed by atoms with Crippen LogP contribution in [0.25, 0.3) is 11.1 Å². The molecule has 0 unspecified atom stereocenters. The van der Waals surface area contributed by atoms with E-state index in [2.05, 4.69) is 68.1 Å². The van der Waals surface area contributed by atoms with E-state index in [1.807, 2.05) is 0 Å². The van der Waals surface area contributed by atoms with Crippen LogP contribution in [0.3, 0.4) is 0 Å². The van der Waals surface area contributed by atoms with Crippen LogP contribution in [0.15, 0.2) is 66.8 Å². The van der Waals surface area contributed by atoms with Crippen molar-refractivity contribution in [3.63, 3.8) is 0 Å². The second-order valence-electron chi connectivity index (χ2n) is 6.98. The van der Waals surface area contributed by atoms with E-state index in [1.165, 1.54) is 44.5 Å². The number of fused-ring (bicyclic) bond motifs is 1. The van der Waals surface area contributed by atoms with E-state index in [0.29, 0.717) is 0 Å². The fourth-order valence-electron chi connectivity index (χ4n) is 3.95. The number of hydrogen-bond donors (Lipinski definition) is 0. The largest absolute Gasteiger partial charge is 0.0995 e. The summed E-state index contributed by atoms with van der Waals surface area (Å²) in [6.45, 7) is 6.39. The monoisotopic (exact) mass is 312 g/mol. The Balaban J connectivity index is 1.57. The molecule has 2 aromatic rings. The molecule has 0 saturated heterocycles. The zero-order chi connectivity index (χ0) is 16.5. The van der Waals surface area contributed by atoms with Crippen molar-refractivity contribution < 1.29 is 0 Å². The molecule has 0 radical (unpaired) electrons. The minimum Gasteiger partial charge on any atom is -0.0995 e. The highest BCUT2D eigenvalue weighted by atomic mass is 14.2. The molecular formula is C24H24. The molecule has 24 heavy (non-hydrogen) atoms. The number of benzene rings is 2. The molecule has 0 N–H and O–H groups in total. The molecule has 0 amide bonds. The Kier molecular flexibility index (Phi) is 3.98. The van der Waals surface area contributed by atoms with Crippen molar-refractivity contribution in [1.29, 1.82) is 0 Å². The summed E-state index contributed by atoms with van der Waals surface area (Å²) in [6.07, 6.45) is 10.1. The van der Waals surface area contributed by atoms with Crippen molar-refractivity contribution in [2.45, 2.75) is 39.0 Å². The fraction of sp³-hybridized carbons (Fsp3) is 0.250. The minimum absolute atomic E-state index is 1.04. The van der Waals surface area contributed by atoms with Gasteiger partial charge in [0.2, 0.25) is 0 Å². The van der Waals surface area contributed by atoms with Crippen LogP contribution in [0, 0.1) is 0 Å². The van der Waals surface area contributed by atoms with Gasteiger partial charge in [-0.25, -0.2) is 0 Å². The van der Waals surface area contributed by atoms with E-state index in [0.717, 1.165) is 32.1 Å². The van der Waals surface area contributed by atoms with Crippen LogP contribution in [0.5, 0.6) is 0 Å². The zero-order valence-corrected chi connectivity index (χ0v) is 14.4. The SMILES string of the molecule is C=C1CCc2cc(C3=CC=C(c4ccccc4CC)C3)ccc2C1. The third-order valence-electron chi connectivity index (χ3n) is 5.38. The first kappa shape index (κ1) is 15.2. The number of hydrogen-bond acceptors (Lipinski definition) is 0. The highest BCUT2D eigenvalue weighted by molar-refractivity contribution is 5.87. The molecule has 0 fully saturated rings. The van der Waals surface area contributed by atoms with Crippen molar-refractivity contribution in [3.8, 4) is 0 Å². The van der Waals surface area contributed by atoms with Gasteiger partial charge in [0.15, 0.2) is 0 Å². The lowest BCUT2D eigenvalue weighted by Crippen LogP contribution is -2.05. The van der Waals surface area contributed by atoms with Crippen LogP contribution in [0.1, 0.15) is 47.6 Å².